The molecule has 4 atom stereocenters. The minimum Gasteiger partial charge on any atom is -0.493 e. The van der Waals surface area contributed by atoms with Crippen LogP contribution in [0.25, 0.3) is 12.2 Å². The number of carbonyl (C=O) groups excluding carboxylic acids is 2. The van der Waals surface area contributed by atoms with E-state index in [2.05, 4.69) is 38.4 Å². The van der Waals surface area contributed by atoms with Crippen LogP contribution in [0.2, 0.25) is 0 Å². The molecule has 0 spiro atoms. The fraction of sp³-hybridized carbons (Fsp3) is 0.419. The summed E-state index contributed by atoms with van der Waals surface area (Å²) in [4.78, 5) is 25.9. The Balaban J connectivity index is 0.917. The SMILES string of the molecule is COc1cc2c(cc1OC)C(Cc1cc(OC)c(OC)c(OC)c1)[N+](C)(CCCOC(=O)/C=C/c1ccc(/C=C/C(=O)OCCC[N+]3(C)CCc4cc(OC)c(OC)cc4C3Cc3cc(OC)c(OC)c(OC)c3)cc1)CC2. The quantitative estimate of drug-likeness (QED) is 0.0224. The zero-order valence-electron chi connectivity index (χ0n) is 47.5. The minimum absolute atomic E-state index is 0.0372. The molecule has 0 saturated heterocycles. The third-order valence-electron chi connectivity index (χ3n) is 15.5. The first-order valence-electron chi connectivity index (χ1n) is 26.3. The van der Waals surface area contributed by atoms with Gasteiger partial charge in [0.15, 0.2) is 46.0 Å². The average Bonchev–Trinajstić information content (AvgIpc) is 3.61. The maximum absolute atomic E-state index is 13.0. The first kappa shape index (κ1) is 58.1. The predicted molar refractivity (Wildman–Crippen MR) is 299 cm³/mol. The summed E-state index contributed by atoms with van der Waals surface area (Å²) in [6.45, 7) is 3.82. The molecule has 7 rings (SSSR count). The number of rotatable bonds is 26. The molecular weight excluding hydrogens is 997 g/mol. The van der Waals surface area contributed by atoms with Crippen LogP contribution in [0.5, 0.6) is 57.5 Å². The van der Waals surface area contributed by atoms with Crippen LogP contribution in [-0.4, -0.2) is 145 Å². The zero-order chi connectivity index (χ0) is 56.0. The van der Waals surface area contributed by atoms with Crippen molar-refractivity contribution in [2.45, 2.75) is 50.6 Å². The van der Waals surface area contributed by atoms with Gasteiger partial charge in [0.1, 0.15) is 12.1 Å². The third kappa shape index (κ3) is 13.4. The lowest BCUT2D eigenvalue weighted by atomic mass is 9.86. The van der Waals surface area contributed by atoms with Crippen molar-refractivity contribution < 1.29 is 75.4 Å². The highest BCUT2D eigenvalue weighted by atomic mass is 16.6. The van der Waals surface area contributed by atoms with Gasteiger partial charge in [-0.25, -0.2) is 9.59 Å². The highest BCUT2D eigenvalue weighted by Crippen LogP contribution is 2.47. The van der Waals surface area contributed by atoms with Gasteiger partial charge in [-0.15, -0.1) is 0 Å². The summed E-state index contributed by atoms with van der Waals surface area (Å²) in [7, 11) is 20.8. The lowest BCUT2D eigenvalue weighted by molar-refractivity contribution is -0.941. The second-order valence-electron chi connectivity index (χ2n) is 20.0. The number of benzene rings is 5. The molecule has 78 heavy (non-hydrogen) atoms. The van der Waals surface area contributed by atoms with Gasteiger partial charge in [0, 0.05) is 61.8 Å². The summed E-state index contributed by atoms with van der Waals surface area (Å²) < 4.78 is 69.8. The Labute approximate surface area is 460 Å². The van der Waals surface area contributed by atoms with Crippen LogP contribution < -0.4 is 47.4 Å². The number of methoxy groups -OCH3 is 10. The van der Waals surface area contributed by atoms with Crippen molar-refractivity contribution in [2.75, 3.05) is 125 Å². The van der Waals surface area contributed by atoms with Crippen LogP contribution in [-0.2, 0) is 44.7 Å². The Bertz CT molecular complexity index is 2690. The van der Waals surface area contributed by atoms with Crippen LogP contribution >= 0.6 is 0 Å². The molecule has 418 valence electrons. The molecule has 0 radical (unpaired) electrons. The van der Waals surface area contributed by atoms with Gasteiger partial charge in [0.05, 0.1) is 125 Å². The van der Waals surface area contributed by atoms with Crippen molar-refractivity contribution in [3.8, 4) is 57.5 Å². The Morgan fingerprint density at radius 1 is 0.449 bits per heavy atom. The minimum atomic E-state index is -0.421. The van der Waals surface area contributed by atoms with Gasteiger partial charge in [-0.2, -0.15) is 0 Å². The second kappa shape index (κ2) is 26.7. The number of nitrogens with zero attached hydrogens (tertiary/aromatic N) is 2. The topological polar surface area (TPSA) is 145 Å². The Morgan fingerprint density at radius 2 is 0.769 bits per heavy atom. The average molecular weight is 1080 g/mol. The van der Waals surface area contributed by atoms with Crippen LogP contribution in [0.4, 0.5) is 0 Å². The molecule has 0 bridgehead atoms. The van der Waals surface area contributed by atoms with Gasteiger partial charge in [0.2, 0.25) is 11.5 Å². The van der Waals surface area contributed by atoms with Gasteiger partial charge in [-0.3, -0.25) is 0 Å². The molecule has 2 heterocycles. The van der Waals surface area contributed by atoms with Gasteiger partial charge >= 0.3 is 11.9 Å². The molecular formula is C62H78N2O14+2. The van der Waals surface area contributed by atoms with E-state index in [9.17, 15) is 9.59 Å². The first-order chi connectivity index (χ1) is 37.7. The molecule has 5 aromatic carbocycles. The van der Waals surface area contributed by atoms with Crippen LogP contribution in [0, 0.1) is 0 Å². The van der Waals surface area contributed by atoms with Crippen LogP contribution in [0.1, 0.15) is 69.4 Å². The molecule has 16 heteroatoms. The van der Waals surface area contributed by atoms with Gasteiger partial charge in [-0.05, 0) is 94.1 Å². The molecule has 0 N–H and O–H groups in total. The number of quaternary nitrogens is 2. The van der Waals surface area contributed by atoms with Gasteiger partial charge < -0.3 is 65.8 Å². The largest absolute Gasteiger partial charge is 0.493 e. The number of likely N-dealkylation sites (N-methyl/N-ethyl adjacent to an activating group) is 2. The van der Waals surface area contributed by atoms with E-state index in [1.165, 1.54) is 34.4 Å². The third-order valence-corrected chi connectivity index (χ3v) is 15.5. The number of esters is 2. The Hall–Kier alpha value is -7.56. The molecule has 0 aromatic heterocycles. The molecule has 2 aliphatic heterocycles. The molecule has 0 amide bonds. The molecule has 2 aliphatic rings. The van der Waals surface area contributed by atoms with Crippen molar-refractivity contribution in [2.24, 2.45) is 0 Å². The highest BCUT2D eigenvalue weighted by Gasteiger charge is 2.42. The zero-order valence-corrected chi connectivity index (χ0v) is 47.5. The van der Waals surface area contributed by atoms with E-state index in [0.29, 0.717) is 92.1 Å². The fourth-order valence-electron chi connectivity index (χ4n) is 11.2. The number of hydrogen-bond donors (Lipinski definition) is 0. The van der Waals surface area contributed by atoms with E-state index in [-0.39, 0.29) is 25.3 Å². The summed E-state index contributed by atoms with van der Waals surface area (Å²) in [5, 5.41) is 0. The van der Waals surface area contributed by atoms with Crippen molar-refractivity contribution in [1.29, 1.82) is 0 Å². The van der Waals surface area contributed by atoms with Crippen molar-refractivity contribution >= 4 is 24.1 Å². The lowest BCUT2D eigenvalue weighted by Gasteiger charge is -2.46. The van der Waals surface area contributed by atoms with Crippen LogP contribution in [0.3, 0.4) is 0 Å². The normalized spacial score (nSPS) is 18.6. The van der Waals surface area contributed by atoms with Gasteiger partial charge in [0.25, 0.3) is 0 Å². The van der Waals surface area contributed by atoms with E-state index < -0.39 is 11.9 Å². The molecule has 0 aliphatic carbocycles. The Kier molecular flexibility index (Phi) is 19.9. The number of fused-ring (bicyclic) bond motifs is 2. The number of hydrogen-bond acceptors (Lipinski definition) is 14. The predicted octanol–water partition coefficient (Wildman–Crippen LogP) is 9.64. The van der Waals surface area contributed by atoms with Crippen molar-refractivity contribution in [3.05, 3.63) is 129 Å². The lowest BCUT2D eigenvalue weighted by Crippen LogP contribution is -2.52. The molecule has 0 saturated carbocycles. The smallest absolute Gasteiger partial charge is 0.330 e. The molecule has 0 fully saturated rings. The van der Waals surface area contributed by atoms with Crippen molar-refractivity contribution in [3.63, 3.8) is 0 Å². The highest BCUT2D eigenvalue weighted by molar-refractivity contribution is 5.88. The molecule has 16 nitrogen and oxygen atoms in total. The van der Waals surface area contributed by atoms with Crippen molar-refractivity contribution in [1.82, 2.24) is 0 Å². The van der Waals surface area contributed by atoms with E-state index in [1.54, 1.807) is 83.3 Å². The first-order valence-corrected chi connectivity index (χ1v) is 26.3. The molecule has 5 aromatic rings. The van der Waals surface area contributed by atoms with E-state index in [1.807, 2.05) is 48.5 Å². The standard InChI is InChI=1S/C62H78N2O14/c1-63(27-23-45-37-51(67-3)53(69-5)39-47(45)49(63)31-43-33-55(71-7)61(75-11)56(34-43)72-8)25-13-29-77-59(65)21-19-41-15-17-42(18-16-41)20-22-60(66)78-30-14-26-64(2)28-24-46-38-52(68-4)54(70-6)40-48(46)50(64)32-44-35-57(73-9)62(76-12)58(36-44)74-10/h15-22,33-40,49-50H,13-14,23-32H2,1-12H3/q+2/b21-19+,22-20+. The fourth-order valence-corrected chi connectivity index (χ4v) is 11.2. The number of carbonyl (C=O) groups is 2. The Morgan fingerprint density at radius 3 is 1.08 bits per heavy atom. The summed E-state index contributed by atoms with van der Waals surface area (Å²) in [6, 6.07) is 24.0. The van der Waals surface area contributed by atoms with Crippen LogP contribution in [0.15, 0.2) is 84.9 Å². The summed E-state index contributed by atoms with van der Waals surface area (Å²) >= 11 is 0. The molecule has 4 unspecified atom stereocenters. The van der Waals surface area contributed by atoms with Gasteiger partial charge in [-0.1, -0.05) is 24.3 Å². The summed E-state index contributed by atoms with van der Waals surface area (Å²) in [6.07, 6.45) is 10.7. The summed E-state index contributed by atoms with van der Waals surface area (Å²) in [5.74, 6) is 5.39. The van der Waals surface area contributed by atoms with E-state index >= 15 is 0 Å². The van der Waals surface area contributed by atoms with E-state index in [4.69, 9.17) is 56.8 Å². The summed E-state index contributed by atoms with van der Waals surface area (Å²) in [5.41, 5.74) is 8.50. The van der Waals surface area contributed by atoms with E-state index in [0.717, 1.165) is 61.3 Å². The second-order valence-corrected chi connectivity index (χ2v) is 20.0. The maximum Gasteiger partial charge on any atom is 0.330 e. The monoisotopic (exact) mass is 1070 g/mol. The maximum atomic E-state index is 13.0. The number of ether oxygens (including phenoxy) is 12.